The summed E-state index contributed by atoms with van der Waals surface area (Å²) in [6.45, 7) is 6.01. The van der Waals surface area contributed by atoms with E-state index in [1.165, 1.54) is 0 Å². The lowest BCUT2D eigenvalue weighted by atomic mass is 9.88. The summed E-state index contributed by atoms with van der Waals surface area (Å²) in [5, 5.41) is 3.17. The minimum atomic E-state index is -0.479. The fourth-order valence-corrected chi connectivity index (χ4v) is 1.09. The van der Waals surface area contributed by atoms with Crippen molar-refractivity contribution in [1.29, 1.82) is 0 Å². The van der Waals surface area contributed by atoms with Crippen LogP contribution in [0.15, 0.2) is 0 Å². The Morgan fingerprint density at radius 3 is 2.82 bits per heavy atom. The van der Waals surface area contributed by atoms with E-state index in [2.05, 4.69) is 5.32 Å². The van der Waals surface area contributed by atoms with Crippen LogP contribution in [0.4, 0.5) is 0 Å². The second-order valence-electron chi connectivity index (χ2n) is 3.39. The van der Waals surface area contributed by atoms with Crippen molar-refractivity contribution in [3.8, 4) is 0 Å². The molecule has 1 rings (SSSR count). The van der Waals surface area contributed by atoms with Gasteiger partial charge in [-0.15, -0.1) is 0 Å². The van der Waals surface area contributed by atoms with E-state index in [9.17, 15) is 4.79 Å². The molecule has 1 heterocycles. The van der Waals surface area contributed by atoms with Gasteiger partial charge in [0, 0.05) is 13.1 Å². The van der Waals surface area contributed by atoms with E-state index >= 15 is 0 Å². The third-order valence-electron chi connectivity index (χ3n) is 2.00. The monoisotopic (exact) mass is 156 g/mol. The zero-order chi connectivity index (χ0) is 8.32. The molecule has 0 aliphatic carbocycles. The Balaban J connectivity index is 2.50. The maximum Gasteiger partial charge on any atom is 0.207 e. The predicted molar refractivity (Wildman–Crippen MR) is 42.1 cm³/mol. The number of hydrogen-bond donors (Lipinski definition) is 1. The largest absolute Gasteiger partial charge is 0.375 e. The van der Waals surface area contributed by atoms with E-state index in [-0.39, 0.29) is 6.10 Å². The number of morpholine rings is 1. The lowest BCUT2D eigenvalue weighted by molar-refractivity contribution is -0.0187. The first-order chi connectivity index (χ1) is 5.17. The molecule has 1 N–H and O–H groups in total. The first-order valence-electron chi connectivity index (χ1n) is 3.88. The van der Waals surface area contributed by atoms with Crippen LogP contribution >= 0.6 is 0 Å². The van der Waals surface area contributed by atoms with Gasteiger partial charge in [-0.05, 0) is 13.8 Å². The molecule has 0 aromatic heterocycles. The summed E-state index contributed by atoms with van der Waals surface area (Å²) >= 11 is 0. The standard InChI is InChI=1S/C8H14NO2/c1-8(2,6-10)7-5-9-3-4-11-7/h7,9H,3-5H2,1-2H3. The van der Waals surface area contributed by atoms with Gasteiger partial charge in [-0.3, -0.25) is 4.79 Å². The lowest BCUT2D eigenvalue weighted by Crippen LogP contribution is -2.47. The average Bonchev–Trinajstić information content (AvgIpc) is 2.06. The summed E-state index contributed by atoms with van der Waals surface area (Å²) in [7, 11) is 0. The van der Waals surface area contributed by atoms with Crippen LogP contribution in [0, 0.1) is 5.41 Å². The number of rotatable bonds is 2. The Bertz CT molecular complexity index is 139. The molecule has 0 aromatic carbocycles. The minimum absolute atomic E-state index is 0.0197. The highest BCUT2D eigenvalue weighted by molar-refractivity contribution is 5.60. The molecule has 1 aliphatic rings. The Hall–Kier alpha value is -0.410. The van der Waals surface area contributed by atoms with E-state index < -0.39 is 5.41 Å². The SMILES string of the molecule is CC(C)([C]=O)C1CNCCO1. The predicted octanol–water partition coefficient (Wildman–Crippen LogP) is 0.111. The molecule has 1 radical (unpaired) electrons. The molecule has 0 saturated carbocycles. The van der Waals surface area contributed by atoms with Crippen molar-refractivity contribution >= 4 is 6.29 Å². The first-order valence-corrected chi connectivity index (χ1v) is 3.88. The van der Waals surface area contributed by atoms with E-state index in [4.69, 9.17) is 4.74 Å². The van der Waals surface area contributed by atoms with Crippen LogP contribution in [0.2, 0.25) is 0 Å². The maximum absolute atomic E-state index is 10.5. The first kappa shape index (κ1) is 8.68. The van der Waals surface area contributed by atoms with E-state index in [1.54, 1.807) is 0 Å². The van der Waals surface area contributed by atoms with Crippen molar-refractivity contribution in [2.75, 3.05) is 19.7 Å². The summed E-state index contributed by atoms with van der Waals surface area (Å²) in [6.07, 6.45) is 1.98. The molecule has 3 nitrogen and oxygen atoms in total. The summed E-state index contributed by atoms with van der Waals surface area (Å²) in [4.78, 5) is 10.5. The molecule has 0 amide bonds. The highest BCUT2D eigenvalue weighted by atomic mass is 16.5. The third kappa shape index (κ3) is 2.01. The molecule has 1 saturated heterocycles. The third-order valence-corrected chi connectivity index (χ3v) is 2.00. The van der Waals surface area contributed by atoms with Gasteiger partial charge < -0.3 is 10.1 Å². The van der Waals surface area contributed by atoms with E-state index in [1.807, 2.05) is 20.1 Å². The molecular formula is C8H14NO2. The quantitative estimate of drug-likeness (QED) is 0.616. The van der Waals surface area contributed by atoms with E-state index in [0.717, 1.165) is 13.1 Å². The second kappa shape index (κ2) is 3.32. The van der Waals surface area contributed by atoms with Gasteiger partial charge >= 0.3 is 0 Å². The van der Waals surface area contributed by atoms with Crippen LogP contribution < -0.4 is 5.32 Å². The Morgan fingerprint density at radius 2 is 2.36 bits per heavy atom. The van der Waals surface area contributed by atoms with Crippen molar-refractivity contribution in [2.45, 2.75) is 20.0 Å². The molecule has 1 fully saturated rings. The van der Waals surface area contributed by atoms with Crippen molar-refractivity contribution in [3.63, 3.8) is 0 Å². The highest BCUT2D eigenvalue weighted by Crippen LogP contribution is 2.20. The van der Waals surface area contributed by atoms with Crippen molar-refractivity contribution in [2.24, 2.45) is 5.41 Å². The van der Waals surface area contributed by atoms with Gasteiger partial charge in [-0.1, -0.05) is 0 Å². The van der Waals surface area contributed by atoms with Crippen LogP contribution in [-0.2, 0) is 9.53 Å². The van der Waals surface area contributed by atoms with Gasteiger partial charge in [0.25, 0.3) is 0 Å². The number of carbonyl (C=O) groups excluding carboxylic acids is 1. The maximum atomic E-state index is 10.5. The second-order valence-corrected chi connectivity index (χ2v) is 3.39. The molecular weight excluding hydrogens is 142 g/mol. The highest BCUT2D eigenvalue weighted by Gasteiger charge is 2.32. The van der Waals surface area contributed by atoms with Gasteiger partial charge in [-0.2, -0.15) is 0 Å². The van der Waals surface area contributed by atoms with Gasteiger partial charge in [-0.25, -0.2) is 0 Å². The molecule has 1 aliphatic heterocycles. The van der Waals surface area contributed by atoms with Gasteiger partial charge in [0.05, 0.1) is 18.1 Å². The minimum Gasteiger partial charge on any atom is -0.375 e. The molecule has 11 heavy (non-hydrogen) atoms. The number of hydrogen-bond acceptors (Lipinski definition) is 3. The van der Waals surface area contributed by atoms with Crippen LogP contribution in [0.3, 0.4) is 0 Å². The van der Waals surface area contributed by atoms with Gasteiger partial charge in [0.2, 0.25) is 6.29 Å². The smallest absolute Gasteiger partial charge is 0.207 e. The summed E-state index contributed by atoms with van der Waals surface area (Å²) in [5.41, 5.74) is -0.479. The summed E-state index contributed by atoms with van der Waals surface area (Å²) in [5.74, 6) is 0. The van der Waals surface area contributed by atoms with Crippen molar-refractivity contribution in [1.82, 2.24) is 5.32 Å². The Kier molecular flexibility index (Phi) is 2.62. The molecule has 1 atom stereocenters. The average molecular weight is 156 g/mol. The molecule has 0 aromatic rings. The van der Waals surface area contributed by atoms with Gasteiger partial charge in [0.15, 0.2) is 0 Å². The zero-order valence-corrected chi connectivity index (χ0v) is 7.02. The lowest BCUT2D eigenvalue weighted by Gasteiger charge is -2.32. The normalized spacial score (nSPS) is 26.5. The molecule has 3 heteroatoms. The zero-order valence-electron chi connectivity index (χ0n) is 7.02. The Morgan fingerprint density at radius 1 is 1.64 bits per heavy atom. The Labute approximate surface area is 67.1 Å². The fourth-order valence-electron chi connectivity index (χ4n) is 1.09. The summed E-state index contributed by atoms with van der Waals surface area (Å²) in [6, 6.07) is 0. The van der Waals surface area contributed by atoms with Crippen LogP contribution in [-0.4, -0.2) is 32.1 Å². The summed E-state index contributed by atoms with van der Waals surface area (Å²) < 4.78 is 5.41. The van der Waals surface area contributed by atoms with Gasteiger partial charge in [0.1, 0.15) is 0 Å². The fraction of sp³-hybridized carbons (Fsp3) is 0.875. The molecule has 1 unspecified atom stereocenters. The molecule has 63 valence electrons. The van der Waals surface area contributed by atoms with Crippen molar-refractivity contribution < 1.29 is 9.53 Å². The van der Waals surface area contributed by atoms with Crippen molar-refractivity contribution in [3.05, 3.63) is 0 Å². The molecule has 0 spiro atoms. The van der Waals surface area contributed by atoms with Crippen LogP contribution in [0.1, 0.15) is 13.8 Å². The number of ether oxygens (including phenoxy) is 1. The van der Waals surface area contributed by atoms with Crippen LogP contribution in [0.25, 0.3) is 0 Å². The van der Waals surface area contributed by atoms with E-state index in [0.29, 0.717) is 6.61 Å². The molecule has 0 bridgehead atoms. The van der Waals surface area contributed by atoms with Crippen LogP contribution in [0.5, 0.6) is 0 Å². The topological polar surface area (TPSA) is 38.3 Å². The number of nitrogens with one attached hydrogen (secondary N) is 1.